The van der Waals surface area contributed by atoms with Crippen LogP contribution >= 0.6 is 15.9 Å². The van der Waals surface area contributed by atoms with E-state index in [2.05, 4.69) is 44.7 Å². The van der Waals surface area contributed by atoms with Crippen molar-refractivity contribution in [2.45, 2.75) is 26.3 Å². The summed E-state index contributed by atoms with van der Waals surface area (Å²) in [7, 11) is 0. The van der Waals surface area contributed by atoms with Crippen LogP contribution in [0.4, 0.5) is 24.5 Å². The molecule has 2 aromatic carbocycles. The first-order valence-electron chi connectivity index (χ1n) is 8.54. The van der Waals surface area contributed by atoms with Crippen molar-refractivity contribution in [1.82, 2.24) is 0 Å². The molecule has 0 fully saturated rings. The van der Waals surface area contributed by atoms with Crippen molar-refractivity contribution in [2.24, 2.45) is 0 Å². The van der Waals surface area contributed by atoms with Gasteiger partial charge in [-0.15, -0.1) is 13.2 Å². The van der Waals surface area contributed by atoms with E-state index in [1.165, 1.54) is 12.1 Å². The lowest BCUT2D eigenvalue weighted by molar-refractivity contribution is -0.274. The zero-order chi connectivity index (χ0) is 20.5. The van der Waals surface area contributed by atoms with E-state index in [-0.39, 0.29) is 11.8 Å². The highest BCUT2D eigenvalue weighted by molar-refractivity contribution is 9.10. The Kier molecular flexibility index (Phi) is 5.74. The molecule has 5 nitrogen and oxygen atoms in total. The summed E-state index contributed by atoms with van der Waals surface area (Å²) in [4.78, 5) is 14.8. The molecule has 2 aromatic rings. The van der Waals surface area contributed by atoms with Crippen molar-refractivity contribution in [1.29, 1.82) is 0 Å². The lowest BCUT2D eigenvalue weighted by Crippen LogP contribution is -2.38. The van der Waals surface area contributed by atoms with Gasteiger partial charge >= 0.3 is 6.36 Å². The maximum atomic E-state index is 12.6. The summed E-state index contributed by atoms with van der Waals surface area (Å²) in [6.07, 6.45) is -4.76. The topological polar surface area (TPSA) is 50.8 Å². The monoisotopic (exact) mass is 458 g/mol. The number of nitrogens with one attached hydrogen (secondary N) is 1. The second kappa shape index (κ2) is 7.90. The molecule has 1 heterocycles. The molecule has 1 amide bonds. The Balaban J connectivity index is 1.77. The largest absolute Gasteiger partial charge is 0.573 e. The lowest BCUT2D eigenvalue weighted by atomic mass is 10.1. The van der Waals surface area contributed by atoms with Crippen LogP contribution in [0.2, 0.25) is 0 Å². The minimum atomic E-state index is -4.76. The van der Waals surface area contributed by atoms with Crippen LogP contribution < -0.4 is 19.7 Å². The van der Waals surface area contributed by atoms with E-state index >= 15 is 0 Å². The Morgan fingerprint density at radius 2 is 1.93 bits per heavy atom. The summed E-state index contributed by atoms with van der Waals surface area (Å²) in [6, 6.07) is 8.57. The van der Waals surface area contributed by atoms with Crippen molar-refractivity contribution < 1.29 is 27.4 Å². The molecule has 1 N–H and O–H groups in total. The van der Waals surface area contributed by atoms with E-state index in [0.29, 0.717) is 23.6 Å². The Hall–Kier alpha value is -2.42. The highest BCUT2D eigenvalue weighted by Gasteiger charge is 2.31. The van der Waals surface area contributed by atoms with Crippen LogP contribution in [-0.2, 0) is 0 Å². The average Bonchev–Trinajstić information content (AvgIpc) is 2.61. The van der Waals surface area contributed by atoms with Gasteiger partial charge < -0.3 is 19.7 Å². The van der Waals surface area contributed by atoms with Crippen molar-refractivity contribution in [3.8, 4) is 11.5 Å². The molecule has 1 aliphatic rings. The van der Waals surface area contributed by atoms with E-state index in [1.54, 1.807) is 12.1 Å². The van der Waals surface area contributed by atoms with E-state index in [4.69, 9.17) is 4.74 Å². The number of anilines is 2. The SMILES string of the molecule is CC(C)N1CCOc2cc(C(=O)Nc3ccc(OC(F)(F)F)cc3)cc(Br)c21. The van der Waals surface area contributed by atoms with E-state index in [0.717, 1.165) is 28.8 Å². The second-order valence-corrected chi connectivity index (χ2v) is 7.32. The molecule has 0 unspecified atom stereocenters. The first kappa shape index (κ1) is 20.3. The number of carbonyl (C=O) groups is 1. The summed E-state index contributed by atoms with van der Waals surface area (Å²) in [6.45, 7) is 5.42. The Morgan fingerprint density at radius 1 is 1.25 bits per heavy atom. The van der Waals surface area contributed by atoms with Crippen LogP contribution in [-0.4, -0.2) is 31.5 Å². The van der Waals surface area contributed by atoms with Crippen molar-refractivity contribution in [2.75, 3.05) is 23.4 Å². The highest BCUT2D eigenvalue weighted by Crippen LogP contribution is 2.40. The van der Waals surface area contributed by atoms with Crippen LogP contribution in [0.1, 0.15) is 24.2 Å². The molecule has 0 radical (unpaired) electrons. The van der Waals surface area contributed by atoms with Crippen molar-refractivity contribution in [3.63, 3.8) is 0 Å². The highest BCUT2D eigenvalue weighted by atomic mass is 79.9. The summed E-state index contributed by atoms with van der Waals surface area (Å²) in [5, 5.41) is 2.65. The van der Waals surface area contributed by atoms with E-state index in [9.17, 15) is 18.0 Å². The Morgan fingerprint density at radius 3 is 2.54 bits per heavy atom. The minimum absolute atomic E-state index is 0.274. The van der Waals surface area contributed by atoms with Crippen molar-refractivity contribution in [3.05, 3.63) is 46.4 Å². The third kappa shape index (κ3) is 4.70. The van der Waals surface area contributed by atoms with Crippen LogP contribution in [0.5, 0.6) is 11.5 Å². The number of fused-ring (bicyclic) bond motifs is 1. The van der Waals surface area contributed by atoms with Gasteiger partial charge in [-0.3, -0.25) is 4.79 Å². The molecule has 0 bridgehead atoms. The summed E-state index contributed by atoms with van der Waals surface area (Å²) in [5.74, 6) is -0.157. The fourth-order valence-corrected chi connectivity index (χ4v) is 3.59. The van der Waals surface area contributed by atoms with Gasteiger partial charge in [-0.2, -0.15) is 0 Å². The standard InChI is InChI=1S/C19H18BrF3N2O3/c1-11(2)25-7-8-27-16-10-12(9-15(20)17(16)25)18(26)24-13-3-5-14(6-4-13)28-19(21,22)23/h3-6,9-11H,7-8H2,1-2H3,(H,24,26). The predicted octanol–water partition coefficient (Wildman–Crippen LogP) is 5.21. The summed E-state index contributed by atoms with van der Waals surface area (Å²) < 4.78 is 46.9. The normalized spacial score (nSPS) is 13.8. The number of hydrogen-bond donors (Lipinski definition) is 1. The number of amides is 1. The molecule has 28 heavy (non-hydrogen) atoms. The maximum absolute atomic E-state index is 12.6. The minimum Gasteiger partial charge on any atom is -0.490 e. The fraction of sp³-hybridized carbons (Fsp3) is 0.316. The van der Waals surface area contributed by atoms with Gasteiger partial charge in [0.1, 0.15) is 18.1 Å². The number of alkyl halides is 3. The summed E-state index contributed by atoms with van der Waals surface area (Å²) in [5.41, 5.74) is 1.61. The molecule has 0 aromatic heterocycles. The molecule has 9 heteroatoms. The van der Waals surface area contributed by atoms with Gasteiger partial charge in [-0.1, -0.05) is 0 Å². The third-order valence-corrected chi connectivity index (χ3v) is 4.74. The van der Waals surface area contributed by atoms with Crippen LogP contribution in [0.3, 0.4) is 0 Å². The molecule has 0 saturated heterocycles. The van der Waals surface area contributed by atoms with Gasteiger partial charge in [0, 0.05) is 21.8 Å². The van der Waals surface area contributed by atoms with E-state index < -0.39 is 12.3 Å². The number of halogens is 4. The number of hydrogen-bond acceptors (Lipinski definition) is 4. The van der Waals surface area contributed by atoms with Crippen molar-refractivity contribution >= 4 is 33.2 Å². The van der Waals surface area contributed by atoms with Gasteiger partial charge in [0.25, 0.3) is 5.91 Å². The van der Waals surface area contributed by atoms with Crippen LogP contribution in [0.25, 0.3) is 0 Å². The van der Waals surface area contributed by atoms with Crippen LogP contribution in [0, 0.1) is 0 Å². The average molecular weight is 459 g/mol. The Bertz CT molecular complexity index is 870. The molecule has 3 rings (SSSR count). The number of carbonyl (C=O) groups excluding carboxylic acids is 1. The summed E-state index contributed by atoms with van der Waals surface area (Å²) >= 11 is 3.51. The fourth-order valence-electron chi connectivity index (χ4n) is 2.92. The molecular formula is C19H18BrF3N2O3. The molecule has 150 valence electrons. The van der Waals surface area contributed by atoms with Gasteiger partial charge in [0.2, 0.25) is 0 Å². The molecule has 0 atom stereocenters. The number of ether oxygens (including phenoxy) is 2. The van der Waals surface area contributed by atoms with Gasteiger partial charge in [0.15, 0.2) is 0 Å². The first-order chi connectivity index (χ1) is 13.1. The number of rotatable bonds is 4. The first-order valence-corrected chi connectivity index (χ1v) is 9.33. The van der Waals surface area contributed by atoms with Gasteiger partial charge in [0.05, 0.1) is 12.2 Å². The lowest BCUT2D eigenvalue weighted by Gasteiger charge is -2.35. The van der Waals surface area contributed by atoms with E-state index in [1.807, 2.05) is 0 Å². The van der Waals surface area contributed by atoms with Gasteiger partial charge in [-0.05, 0) is 66.2 Å². The number of benzene rings is 2. The quantitative estimate of drug-likeness (QED) is 0.683. The van der Waals surface area contributed by atoms with Crippen LogP contribution in [0.15, 0.2) is 40.9 Å². The third-order valence-electron chi connectivity index (χ3n) is 4.14. The zero-order valence-electron chi connectivity index (χ0n) is 15.1. The smallest absolute Gasteiger partial charge is 0.490 e. The second-order valence-electron chi connectivity index (χ2n) is 6.47. The molecule has 0 aliphatic carbocycles. The maximum Gasteiger partial charge on any atom is 0.573 e. The predicted molar refractivity (Wildman–Crippen MR) is 103 cm³/mol. The van der Waals surface area contributed by atoms with Gasteiger partial charge in [-0.25, -0.2) is 0 Å². The molecule has 0 spiro atoms. The molecule has 0 saturated carbocycles. The zero-order valence-corrected chi connectivity index (χ0v) is 16.7. The molecule has 1 aliphatic heterocycles. The molecular weight excluding hydrogens is 441 g/mol. The Labute approximate surface area is 168 Å². The number of nitrogens with zero attached hydrogens (tertiary/aromatic N) is 1.